The van der Waals surface area contributed by atoms with Crippen molar-refractivity contribution in [1.82, 2.24) is 19.7 Å². The van der Waals surface area contributed by atoms with Crippen molar-refractivity contribution in [3.8, 4) is 17.5 Å². The lowest BCUT2D eigenvalue weighted by molar-refractivity contribution is -0.113. The van der Waals surface area contributed by atoms with E-state index < -0.39 is 0 Å². The first kappa shape index (κ1) is 22.1. The molecule has 0 radical (unpaired) electrons. The van der Waals surface area contributed by atoms with E-state index in [-0.39, 0.29) is 17.8 Å². The number of carbonyl (C=O) groups is 1. The Morgan fingerprint density at radius 2 is 2.12 bits per heavy atom. The number of rotatable bonds is 7. The molecule has 170 valence electrons. The number of hydrogen-bond donors (Lipinski definition) is 1. The van der Waals surface area contributed by atoms with Gasteiger partial charge in [-0.2, -0.15) is 5.26 Å². The molecule has 1 amide bonds. The molecule has 8 nitrogen and oxygen atoms in total. The molecule has 1 atom stereocenters. The van der Waals surface area contributed by atoms with E-state index in [0.29, 0.717) is 22.3 Å². The highest BCUT2D eigenvalue weighted by Crippen LogP contribution is 2.37. The smallest absolute Gasteiger partial charge is 0.235 e. The molecule has 0 aromatic carbocycles. The van der Waals surface area contributed by atoms with Gasteiger partial charge in [0.1, 0.15) is 11.1 Å². The molecule has 1 aliphatic carbocycles. The van der Waals surface area contributed by atoms with E-state index in [1.165, 1.54) is 16.6 Å². The Balaban J connectivity index is 1.31. The van der Waals surface area contributed by atoms with Crippen LogP contribution in [0.4, 0.5) is 5.00 Å². The predicted molar refractivity (Wildman–Crippen MR) is 127 cm³/mol. The molecule has 1 N–H and O–H groups in total. The molecule has 1 aliphatic heterocycles. The van der Waals surface area contributed by atoms with Crippen LogP contribution in [-0.4, -0.2) is 44.1 Å². The number of aryl methyl sites for hydroxylation is 1. The molecule has 33 heavy (non-hydrogen) atoms. The number of anilines is 1. The van der Waals surface area contributed by atoms with E-state index in [1.54, 1.807) is 23.7 Å². The Hall–Kier alpha value is -2.74. The van der Waals surface area contributed by atoms with Gasteiger partial charge in [-0.3, -0.25) is 14.3 Å². The Kier molecular flexibility index (Phi) is 6.71. The summed E-state index contributed by atoms with van der Waals surface area (Å²) < 4.78 is 7.87. The van der Waals surface area contributed by atoms with E-state index in [1.807, 2.05) is 16.7 Å². The Labute approximate surface area is 200 Å². The fourth-order valence-electron chi connectivity index (χ4n) is 4.33. The van der Waals surface area contributed by atoms with Crippen LogP contribution in [0.15, 0.2) is 29.7 Å². The van der Waals surface area contributed by atoms with Crippen molar-refractivity contribution < 1.29 is 9.53 Å². The zero-order valence-electron chi connectivity index (χ0n) is 18.1. The number of hydrogen-bond acceptors (Lipinski definition) is 8. The second-order valence-electron chi connectivity index (χ2n) is 8.15. The first-order chi connectivity index (χ1) is 16.2. The maximum atomic E-state index is 12.8. The molecule has 2 aliphatic rings. The van der Waals surface area contributed by atoms with Crippen molar-refractivity contribution in [3.63, 3.8) is 0 Å². The van der Waals surface area contributed by atoms with E-state index in [4.69, 9.17) is 4.74 Å². The summed E-state index contributed by atoms with van der Waals surface area (Å²) in [7, 11) is 0. The zero-order chi connectivity index (χ0) is 22.6. The molecular formula is C23H24N6O2S2. The number of amides is 1. The van der Waals surface area contributed by atoms with Gasteiger partial charge in [0.25, 0.3) is 0 Å². The van der Waals surface area contributed by atoms with Crippen LogP contribution < -0.4 is 5.32 Å². The van der Waals surface area contributed by atoms with Crippen LogP contribution in [0.5, 0.6) is 0 Å². The molecule has 1 fully saturated rings. The minimum Gasteiger partial charge on any atom is -0.376 e. The average molecular weight is 481 g/mol. The molecule has 0 unspecified atom stereocenters. The van der Waals surface area contributed by atoms with Crippen LogP contribution in [0.1, 0.15) is 41.7 Å². The monoisotopic (exact) mass is 480 g/mol. The molecule has 0 bridgehead atoms. The Bertz CT molecular complexity index is 1180. The maximum Gasteiger partial charge on any atom is 0.235 e. The number of carbonyl (C=O) groups excluding carboxylic acids is 1. The molecule has 0 saturated carbocycles. The lowest BCUT2D eigenvalue weighted by atomic mass is 9.96. The third-order valence-electron chi connectivity index (χ3n) is 5.93. The number of nitriles is 1. The number of nitrogens with zero attached hydrogens (tertiary/aromatic N) is 5. The van der Waals surface area contributed by atoms with Crippen molar-refractivity contribution in [1.29, 1.82) is 5.26 Å². The van der Waals surface area contributed by atoms with Crippen molar-refractivity contribution in [2.45, 2.75) is 56.3 Å². The van der Waals surface area contributed by atoms with E-state index in [0.717, 1.165) is 62.1 Å². The molecule has 1 saturated heterocycles. The van der Waals surface area contributed by atoms with Gasteiger partial charge in [-0.1, -0.05) is 11.8 Å². The lowest BCUT2D eigenvalue weighted by Crippen LogP contribution is -2.18. The van der Waals surface area contributed by atoms with Crippen LogP contribution in [0.25, 0.3) is 11.4 Å². The molecule has 3 aromatic heterocycles. The number of pyridine rings is 1. The lowest BCUT2D eigenvalue weighted by Gasteiger charge is -2.14. The Morgan fingerprint density at radius 1 is 1.27 bits per heavy atom. The quantitative estimate of drug-likeness (QED) is 0.508. The minimum absolute atomic E-state index is 0.116. The number of aromatic nitrogens is 4. The van der Waals surface area contributed by atoms with Crippen LogP contribution >= 0.6 is 23.1 Å². The first-order valence-electron chi connectivity index (χ1n) is 11.2. The topological polar surface area (TPSA) is 106 Å². The fraction of sp³-hybridized carbons (Fsp3) is 0.435. The summed E-state index contributed by atoms with van der Waals surface area (Å²) in [5, 5.41) is 22.7. The summed E-state index contributed by atoms with van der Waals surface area (Å²) in [6.45, 7) is 1.42. The molecule has 3 aromatic rings. The third-order valence-corrected chi connectivity index (χ3v) is 8.11. The van der Waals surface area contributed by atoms with Gasteiger partial charge in [-0.25, -0.2) is 0 Å². The molecular weight excluding hydrogens is 456 g/mol. The van der Waals surface area contributed by atoms with E-state index >= 15 is 0 Å². The van der Waals surface area contributed by atoms with Crippen molar-refractivity contribution in [3.05, 3.63) is 40.5 Å². The number of ether oxygens (including phenoxy) is 1. The standard InChI is InChI=1S/C23H24N6O2S2/c24-12-18-17-5-1-2-6-19(17)33-22(18)26-20(30)14-32-23-28-27-21(15-7-9-25-10-8-15)29(23)13-16-4-3-11-31-16/h7-10,16H,1-6,11,13-14H2,(H,26,30)/t16-/m1/s1. The van der Waals surface area contributed by atoms with Gasteiger partial charge < -0.3 is 10.1 Å². The second-order valence-corrected chi connectivity index (χ2v) is 10.2. The van der Waals surface area contributed by atoms with Gasteiger partial charge in [-0.05, 0) is 56.2 Å². The van der Waals surface area contributed by atoms with Gasteiger partial charge in [0.2, 0.25) is 5.91 Å². The number of fused-ring (bicyclic) bond motifs is 1. The van der Waals surface area contributed by atoms with Crippen molar-refractivity contribution >= 4 is 34.0 Å². The first-order valence-corrected chi connectivity index (χ1v) is 13.0. The Morgan fingerprint density at radius 3 is 2.91 bits per heavy atom. The van der Waals surface area contributed by atoms with E-state index in [2.05, 4.69) is 26.6 Å². The maximum absolute atomic E-state index is 12.8. The largest absolute Gasteiger partial charge is 0.376 e. The molecule has 10 heteroatoms. The SMILES string of the molecule is N#Cc1c(NC(=O)CSc2nnc(-c3ccncc3)n2C[C@H]2CCCO2)sc2c1CCCC2. The summed E-state index contributed by atoms with van der Waals surface area (Å²) in [5.41, 5.74) is 2.68. The summed E-state index contributed by atoms with van der Waals surface area (Å²) in [6, 6.07) is 6.10. The highest BCUT2D eigenvalue weighted by Gasteiger charge is 2.24. The van der Waals surface area contributed by atoms with Gasteiger partial charge in [0.05, 0.1) is 24.0 Å². The minimum atomic E-state index is -0.146. The molecule has 4 heterocycles. The third kappa shape index (κ3) is 4.81. The second kappa shape index (κ2) is 10.0. The molecule has 5 rings (SSSR count). The highest BCUT2D eigenvalue weighted by atomic mass is 32.2. The molecule has 0 spiro atoms. The van der Waals surface area contributed by atoms with Crippen LogP contribution in [0, 0.1) is 11.3 Å². The number of nitrogens with one attached hydrogen (secondary N) is 1. The van der Waals surface area contributed by atoms with E-state index in [9.17, 15) is 10.1 Å². The normalized spacial score (nSPS) is 17.5. The number of thioether (sulfide) groups is 1. The van der Waals surface area contributed by atoms with Crippen LogP contribution in [0.2, 0.25) is 0 Å². The zero-order valence-corrected chi connectivity index (χ0v) is 19.8. The van der Waals surface area contributed by atoms with Gasteiger partial charge in [0, 0.05) is 29.4 Å². The van der Waals surface area contributed by atoms with Crippen molar-refractivity contribution in [2.24, 2.45) is 0 Å². The summed E-state index contributed by atoms with van der Waals surface area (Å²) in [4.78, 5) is 18.1. The van der Waals surface area contributed by atoms with Crippen LogP contribution in [0.3, 0.4) is 0 Å². The number of thiophene rings is 1. The van der Waals surface area contributed by atoms with Gasteiger partial charge >= 0.3 is 0 Å². The predicted octanol–water partition coefficient (Wildman–Crippen LogP) is 4.06. The summed E-state index contributed by atoms with van der Waals surface area (Å²) >= 11 is 2.89. The summed E-state index contributed by atoms with van der Waals surface area (Å²) in [5.74, 6) is 0.786. The highest BCUT2D eigenvalue weighted by molar-refractivity contribution is 7.99. The summed E-state index contributed by atoms with van der Waals surface area (Å²) in [6.07, 6.45) is 9.77. The van der Waals surface area contributed by atoms with Gasteiger partial charge in [-0.15, -0.1) is 21.5 Å². The van der Waals surface area contributed by atoms with Crippen molar-refractivity contribution in [2.75, 3.05) is 17.7 Å². The average Bonchev–Trinajstić information content (AvgIpc) is 3.57. The fourth-order valence-corrected chi connectivity index (χ4v) is 6.34. The van der Waals surface area contributed by atoms with Gasteiger partial charge in [0.15, 0.2) is 11.0 Å². The van der Waals surface area contributed by atoms with Crippen LogP contribution in [-0.2, 0) is 28.9 Å².